The summed E-state index contributed by atoms with van der Waals surface area (Å²) in [5.41, 5.74) is 2.33. The zero-order valence-electron chi connectivity index (χ0n) is 11.2. The summed E-state index contributed by atoms with van der Waals surface area (Å²) >= 11 is 0. The summed E-state index contributed by atoms with van der Waals surface area (Å²) in [5, 5.41) is 0. The van der Waals surface area contributed by atoms with E-state index in [2.05, 4.69) is 33.8 Å². The van der Waals surface area contributed by atoms with Crippen molar-refractivity contribution in [1.29, 1.82) is 0 Å². The van der Waals surface area contributed by atoms with Gasteiger partial charge in [-0.2, -0.15) is 0 Å². The van der Waals surface area contributed by atoms with Crippen LogP contribution in [0.25, 0.3) is 0 Å². The molecule has 2 fully saturated rings. The van der Waals surface area contributed by atoms with Crippen molar-refractivity contribution in [3.63, 3.8) is 0 Å². The van der Waals surface area contributed by atoms with Crippen molar-refractivity contribution in [3.8, 4) is 0 Å². The molecule has 0 amide bonds. The standard InChI is InChI=1S/C14H21N3O/c1-11-3-4-13(7-15-11)17-6-5-16(8-12(17)2)14-9-18-10-14/h3-4,7,12,14H,5-6,8-10H2,1-2H3/t12-/m0/s1. The molecule has 0 aromatic carbocycles. The maximum absolute atomic E-state index is 5.28. The number of hydrogen-bond donors (Lipinski definition) is 0. The van der Waals surface area contributed by atoms with Crippen LogP contribution in [0.1, 0.15) is 12.6 Å². The van der Waals surface area contributed by atoms with Gasteiger partial charge >= 0.3 is 0 Å². The molecular weight excluding hydrogens is 226 g/mol. The summed E-state index contributed by atoms with van der Waals surface area (Å²) in [5.74, 6) is 0. The molecule has 1 atom stereocenters. The van der Waals surface area contributed by atoms with E-state index in [0.29, 0.717) is 12.1 Å². The van der Waals surface area contributed by atoms with Crippen molar-refractivity contribution in [1.82, 2.24) is 9.88 Å². The molecule has 3 rings (SSSR count). The highest BCUT2D eigenvalue weighted by molar-refractivity contribution is 5.46. The predicted octanol–water partition coefficient (Wildman–Crippen LogP) is 1.30. The van der Waals surface area contributed by atoms with Crippen LogP contribution in [-0.2, 0) is 4.74 Å². The van der Waals surface area contributed by atoms with E-state index >= 15 is 0 Å². The molecule has 0 radical (unpaired) electrons. The minimum Gasteiger partial charge on any atom is -0.378 e. The van der Waals surface area contributed by atoms with Crippen molar-refractivity contribution in [3.05, 3.63) is 24.0 Å². The molecule has 4 heteroatoms. The summed E-state index contributed by atoms with van der Waals surface area (Å²) in [6.45, 7) is 9.50. The maximum Gasteiger partial charge on any atom is 0.0645 e. The van der Waals surface area contributed by atoms with Crippen LogP contribution < -0.4 is 4.90 Å². The first-order valence-corrected chi connectivity index (χ1v) is 6.75. The topological polar surface area (TPSA) is 28.6 Å². The largest absolute Gasteiger partial charge is 0.378 e. The zero-order valence-corrected chi connectivity index (χ0v) is 11.2. The fourth-order valence-electron chi connectivity index (χ4n) is 2.76. The summed E-state index contributed by atoms with van der Waals surface area (Å²) < 4.78 is 5.28. The Kier molecular flexibility index (Phi) is 3.22. The van der Waals surface area contributed by atoms with Crippen LogP contribution in [-0.4, -0.2) is 54.8 Å². The Morgan fingerprint density at radius 3 is 2.67 bits per heavy atom. The van der Waals surface area contributed by atoms with Crippen LogP contribution in [0.2, 0.25) is 0 Å². The second-order valence-corrected chi connectivity index (χ2v) is 5.39. The number of piperazine rings is 1. The molecule has 0 spiro atoms. The number of anilines is 1. The highest BCUT2D eigenvalue weighted by atomic mass is 16.5. The van der Waals surface area contributed by atoms with Gasteiger partial charge in [0.1, 0.15) is 0 Å². The third-order valence-electron chi connectivity index (χ3n) is 4.02. The predicted molar refractivity (Wildman–Crippen MR) is 72.0 cm³/mol. The van der Waals surface area contributed by atoms with Crippen molar-refractivity contribution in [2.75, 3.05) is 37.7 Å². The molecule has 2 aliphatic heterocycles. The number of rotatable bonds is 2. The monoisotopic (exact) mass is 247 g/mol. The van der Waals surface area contributed by atoms with Gasteiger partial charge in [0.25, 0.3) is 0 Å². The van der Waals surface area contributed by atoms with Crippen LogP contribution in [0.5, 0.6) is 0 Å². The van der Waals surface area contributed by atoms with Gasteiger partial charge in [0, 0.05) is 31.4 Å². The van der Waals surface area contributed by atoms with Crippen LogP contribution in [0.3, 0.4) is 0 Å². The fourth-order valence-corrected chi connectivity index (χ4v) is 2.76. The molecule has 18 heavy (non-hydrogen) atoms. The van der Waals surface area contributed by atoms with Crippen LogP contribution in [0, 0.1) is 6.92 Å². The van der Waals surface area contributed by atoms with Gasteiger partial charge in [0.15, 0.2) is 0 Å². The average Bonchev–Trinajstić information content (AvgIpc) is 2.29. The maximum atomic E-state index is 5.28. The van der Waals surface area contributed by atoms with E-state index in [1.54, 1.807) is 0 Å². The van der Waals surface area contributed by atoms with Gasteiger partial charge in [-0.1, -0.05) is 0 Å². The highest BCUT2D eigenvalue weighted by Gasteiger charge is 2.32. The average molecular weight is 247 g/mol. The smallest absolute Gasteiger partial charge is 0.0645 e. The normalized spacial score (nSPS) is 26.1. The lowest BCUT2D eigenvalue weighted by Crippen LogP contribution is -2.59. The van der Waals surface area contributed by atoms with E-state index in [-0.39, 0.29) is 0 Å². The van der Waals surface area contributed by atoms with E-state index in [9.17, 15) is 0 Å². The first-order valence-electron chi connectivity index (χ1n) is 6.75. The SMILES string of the molecule is Cc1ccc(N2CCN(C3COC3)C[C@@H]2C)cn1. The lowest BCUT2D eigenvalue weighted by Gasteiger charge is -2.46. The molecule has 98 valence electrons. The number of pyridine rings is 1. The molecule has 4 nitrogen and oxygen atoms in total. The van der Waals surface area contributed by atoms with Gasteiger partial charge in [-0.25, -0.2) is 0 Å². The Morgan fingerprint density at radius 2 is 2.11 bits per heavy atom. The number of nitrogens with zero attached hydrogens (tertiary/aromatic N) is 3. The first kappa shape index (κ1) is 11.9. The number of ether oxygens (including phenoxy) is 1. The molecule has 1 aromatic heterocycles. The molecule has 0 unspecified atom stereocenters. The second-order valence-electron chi connectivity index (χ2n) is 5.39. The first-order chi connectivity index (χ1) is 8.74. The summed E-state index contributed by atoms with van der Waals surface area (Å²) in [7, 11) is 0. The molecule has 0 N–H and O–H groups in total. The summed E-state index contributed by atoms with van der Waals surface area (Å²) in [6.07, 6.45) is 1.99. The number of aromatic nitrogens is 1. The molecule has 2 saturated heterocycles. The van der Waals surface area contributed by atoms with Crippen LogP contribution >= 0.6 is 0 Å². The van der Waals surface area contributed by atoms with Crippen molar-refractivity contribution in [2.24, 2.45) is 0 Å². The molecule has 0 saturated carbocycles. The molecule has 1 aromatic rings. The number of hydrogen-bond acceptors (Lipinski definition) is 4. The third kappa shape index (κ3) is 2.22. The van der Waals surface area contributed by atoms with Gasteiger partial charge in [-0.15, -0.1) is 0 Å². The third-order valence-corrected chi connectivity index (χ3v) is 4.02. The van der Waals surface area contributed by atoms with Gasteiger partial charge in [0.2, 0.25) is 0 Å². The van der Waals surface area contributed by atoms with E-state index < -0.39 is 0 Å². The molecular formula is C14H21N3O. The van der Waals surface area contributed by atoms with Crippen LogP contribution in [0.4, 0.5) is 5.69 Å². The quantitative estimate of drug-likeness (QED) is 0.787. The Balaban J connectivity index is 1.66. The Labute approximate surface area is 109 Å². The van der Waals surface area contributed by atoms with E-state index in [4.69, 9.17) is 4.74 Å². The second kappa shape index (κ2) is 4.86. The van der Waals surface area contributed by atoms with Gasteiger partial charge in [-0.05, 0) is 26.0 Å². The molecule has 0 aliphatic carbocycles. The Hall–Kier alpha value is -1.13. The lowest BCUT2D eigenvalue weighted by atomic mass is 10.1. The Bertz CT molecular complexity index is 402. The minimum absolute atomic E-state index is 0.545. The van der Waals surface area contributed by atoms with Gasteiger partial charge in [-0.3, -0.25) is 9.88 Å². The summed E-state index contributed by atoms with van der Waals surface area (Å²) in [4.78, 5) is 9.42. The van der Waals surface area contributed by atoms with Crippen LogP contribution in [0.15, 0.2) is 18.3 Å². The molecule has 0 bridgehead atoms. The van der Waals surface area contributed by atoms with Gasteiger partial charge < -0.3 is 9.64 Å². The van der Waals surface area contributed by atoms with E-state index in [0.717, 1.165) is 38.5 Å². The Morgan fingerprint density at radius 1 is 1.28 bits per heavy atom. The number of aryl methyl sites for hydroxylation is 1. The molecule has 2 aliphatic rings. The zero-order chi connectivity index (χ0) is 12.5. The highest BCUT2D eigenvalue weighted by Crippen LogP contribution is 2.22. The molecule has 3 heterocycles. The van der Waals surface area contributed by atoms with Crippen molar-refractivity contribution >= 4 is 5.69 Å². The summed E-state index contributed by atoms with van der Waals surface area (Å²) in [6, 6.07) is 5.48. The fraction of sp³-hybridized carbons (Fsp3) is 0.643. The van der Waals surface area contributed by atoms with Gasteiger partial charge in [0.05, 0.1) is 31.1 Å². The lowest BCUT2D eigenvalue weighted by molar-refractivity contribution is -0.0691. The minimum atomic E-state index is 0.545. The van der Waals surface area contributed by atoms with Crippen molar-refractivity contribution in [2.45, 2.75) is 25.9 Å². The van der Waals surface area contributed by atoms with E-state index in [1.807, 2.05) is 13.1 Å². The van der Waals surface area contributed by atoms with Crippen molar-refractivity contribution < 1.29 is 4.74 Å². The van der Waals surface area contributed by atoms with E-state index in [1.165, 1.54) is 5.69 Å².